The van der Waals surface area contributed by atoms with Gasteiger partial charge in [0.05, 0.1) is 50.4 Å². The number of esters is 1. The molecular weight excluding hydrogens is 618 g/mol. The molecule has 7 atom stereocenters. The lowest BCUT2D eigenvalue weighted by Crippen LogP contribution is -2.60. The van der Waals surface area contributed by atoms with Crippen molar-refractivity contribution in [2.75, 3.05) is 59.2 Å². The van der Waals surface area contributed by atoms with Crippen LogP contribution < -0.4 is 0 Å². The van der Waals surface area contributed by atoms with Gasteiger partial charge in [-0.3, -0.25) is 19.3 Å². The number of aliphatic hydroxyl groups is 1. The van der Waals surface area contributed by atoms with Crippen LogP contribution in [0.1, 0.15) is 18.4 Å². The second-order valence-corrected chi connectivity index (χ2v) is 12.9. The highest BCUT2D eigenvalue weighted by Gasteiger charge is 2.77. The maximum atomic E-state index is 14.7. The first-order chi connectivity index (χ1) is 20.9. The minimum atomic E-state index is -1.24. The number of aliphatic hydroxyl groups excluding tert-OH is 1. The van der Waals surface area contributed by atoms with Crippen LogP contribution in [0.5, 0.6) is 0 Å². The summed E-state index contributed by atoms with van der Waals surface area (Å²) in [7, 11) is 0. The molecule has 5 rings (SSSR count). The molecular formula is C32H42BrN3O7. The lowest BCUT2D eigenvalue weighted by molar-refractivity contribution is -0.156. The molecule has 4 heterocycles. The standard InChI is InChI=1S/C32H42BrN3O7/c1-3-5-16-42-31(40)25-26-29(38)36(23(21-37)19-22-9-7-6-8-10-22)28(32(26)20-24(33)27(25)43-32)30(39)35(11-4-2)13-12-34-14-17-41-18-15-34/h3-4,6-10,23-28,37H,1-2,5,11-21H2/t23-,24?,25+,26+,27+,28?,32?/m1/s1. The van der Waals surface area contributed by atoms with Crippen molar-refractivity contribution >= 4 is 33.7 Å². The van der Waals surface area contributed by atoms with Gasteiger partial charge in [-0.25, -0.2) is 0 Å². The zero-order valence-corrected chi connectivity index (χ0v) is 26.1. The van der Waals surface area contributed by atoms with Gasteiger partial charge in [-0.2, -0.15) is 0 Å². The summed E-state index contributed by atoms with van der Waals surface area (Å²) in [5.41, 5.74) is -0.313. The molecule has 2 amide bonds. The van der Waals surface area contributed by atoms with Crippen molar-refractivity contribution in [2.24, 2.45) is 11.8 Å². The largest absolute Gasteiger partial charge is 0.465 e. The van der Waals surface area contributed by atoms with Gasteiger partial charge in [0.2, 0.25) is 11.8 Å². The molecule has 1 aromatic rings. The van der Waals surface area contributed by atoms with E-state index in [4.69, 9.17) is 14.2 Å². The minimum Gasteiger partial charge on any atom is -0.465 e. The van der Waals surface area contributed by atoms with E-state index in [1.807, 2.05) is 30.3 Å². The highest BCUT2D eigenvalue weighted by molar-refractivity contribution is 9.09. The highest BCUT2D eigenvalue weighted by Crippen LogP contribution is 2.60. The lowest BCUT2D eigenvalue weighted by atomic mass is 9.70. The van der Waals surface area contributed by atoms with E-state index in [2.05, 4.69) is 34.0 Å². The molecule has 43 heavy (non-hydrogen) atoms. The topological polar surface area (TPSA) is 109 Å². The molecule has 10 nitrogen and oxygen atoms in total. The van der Waals surface area contributed by atoms with Crippen LogP contribution in [0.25, 0.3) is 0 Å². The number of carbonyl (C=O) groups excluding carboxylic acids is 3. The molecule has 4 fully saturated rings. The van der Waals surface area contributed by atoms with Gasteiger partial charge in [0, 0.05) is 37.6 Å². The average Bonchev–Trinajstić information content (AvgIpc) is 3.62. The molecule has 0 aromatic heterocycles. The maximum Gasteiger partial charge on any atom is 0.312 e. The molecule has 4 saturated heterocycles. The van der Waals surface area contributed by atoms with Crippen LogP contribution in [-0.2, 0) is 35.0 Å². The molecule has 0 aliphatic carbocycles. The molecule has 3 unspecified atom stereocenters. The summed E-state index contributed by atoms with van der Waals surface area (Å²) in [6.45, 7) is 11.6. The second-order valence-electron chi connectivity index (χ2n) is 11.7. The SMILES string of the molecule is C=CCCOC(=O)[C@H]1[C@H]2C(=O)N([C@@H](CO)Cc3ccccc3)C(C(=O)N(CC=C)CCN3CCOCC3)C23CC(Br)[C@@H]1O3. The van der Waals surface area contributed by atoms with Crippen molar-refractivity contribution < 1.29 is 33.7 Å². The quantitative estimate of drug-likeness (QED) is 0.139. The van der Waals surface area contributed by atoms with Gasteiger partial charge < -0.3 is 29.1 Å². The predicted octanol–water partition coefficient (Wildman–Crippen LogP) is 1.80. The Morgan fingerprint density at radius 2 is 1.95 bits per heavy atom. The lowest BCUT2D eigenvalue weighted by Gasteiger charge is -2.40. The maximum absolute atomic E-state index is 14.7. The van der Waals surface area contributed by atoms with Crippen molar-refractivity contribution in [2.45, 2.75) is 47.9 Å². The highest BCUT2D eigenvalue weighted by atomic mass is 79.9. The number of likely N-dealkylation sites (tertiary alicyclic amines) is 1. The third kappa shape index (κ3) is 6.20. The predicted molar refractivity (Wildman–Crippen MR) is 163 cm³/mol. The number of morpholine rings is 1. The Morgan fingerprint density at radius 3 is 2.63 bits per heavy atom. The first-order valence-corrected chi connectivity index (χ1v) is 16.0. The summed E-state index contributed by atoms with van der Waals surface area (Å²) < 4.78 is 17.7. The molecule has 0 radical (unpaired) electrons. The van der Waals surface area contributed by atoms with E-state index in [1.165, 1.54) is 4.90 Å². The third-order valence-electron chi connectivity index (χ3n) is 9.17. The van der Waals surface area contributed by atoms with E-state index in [0.717, 1.165) is 18.7 Å². The number of amides is 2. The van der Waals surface area contributed by atoms with E-state index in [-0.39, 0.29) is 29.9 Å². The number of benzene rings is 1. The fourth-order valence-corrected chi connectivity index (χ4v) is 8.14. The summed E-state index contributed by atoms with van der Waals surface area (Å²) in [6, 6.07) is 7.86. The van der Waals surface area contributed by atoms with Crippen LogP contribution in [0.4, 0.5) is 0 Å². The molecule has 1 aromatic carbocycles. The van der Waals surface area contributed by atoms with Gasteiger partial charge in [0.25, 0.3) is 0 Å². The molecule has 1 N–H and O–H groups in total. The summed E-state index contributed by atoms with van der Waals surface area (Å²) in [5.74, 6) is -2.90. The molecule has 234 valence electrons. The Kier molecular flexibility index (Phi) is 10.4. The minimum absolute atomic E-state index is 0.153. The normalized spacial score (nSPS) is 30.6. The summed E-state index contributed by atoms with van der Waals surface area (Å²) in [6.07, 6.45) is 3.96. The van der Waals surface area contributed by atoms with E-state index >= 15 is 0 Å². The van der Waals surface area contributed by atoms with Gasteiger partial charge in [-0.05, 0) is 24.8 Å². The number of ether oxygens (including phenoxy) is 3. The smallest absolute Gasteiger partial charge is 0.312 e. The van der Waals surface area contributed by atoms with E-state index in [0.29, 0.717) is 52.1 Å². The molecule has 1 spiro atoms. The van der Waals surface area contributed by atoms with Gasteiger partial charge >= 0.3 is 5.97 Å². The summed E-state index contributed by atoms with van der Waals surface area (Å²) in [5, 5.41) is 10.7. The zero-order chi connectivity index (χ0) is 30.6. The number of carbonyl (C=O) groups is 3. The van der Waals surface area contributed by atoms with Gasteiger partial charge in [-0.1, -0.05) is 58.4 Å². The summed E-state index contributed by atoms with van der Waals surface area (Å²) in [4.78, 5) is 47.9. The van der Waals surface area contributed by atoms with Gasteiger partial charge in [0.1, 0.15) is 11.6 Å². The molecule has 4 aliphatic heterocycles. The van der Waals surface area contributed by atoms with Crippen LogP contribution in [0.2, 0.25) is 0 Å². The fourth-order valence-electron chi connectivity index (χ4n) is 7.19. The first-order valence-electron chi connectivity index (χ1n) is 15.1. The molecule has 11 heteroatoms. The first kappa shape index (κ1) is 31.8. The number of hydrogen-bond donors (Lipinski definition) is 1. The van der Waals surface area contributed by atoms with Gasteiger partial charge in [0.15, 0.2) is 0 Å². The van der Waals surface area contributed by atoms with Crippen molar-refractivity contribution in [3.8, 4) is 0 Å². The van der Waals surface area contributed by atoms with E-state index in [9.17, 15) is 19.5 Å². The van der Waals surface area contributed by atoms with Crippen LogP contribution in [0.3, 0.4) is 0 Å². The van der Waals surface area contributed by atoms with Crippen molar-refractivity contribution in [1.29, 1.82) is 0 Å². The molecule has 4 aliphatic rings. The number of fused-ring (bicyclic) bond motifs is 1. The Morgan fingerprint density at radius 1 is 1.21 bits per heavy atom. The van der Waals surface area contributed by atoms with Crippen LogP contribution in [0, 0.1) is 11.8 Å². The number of hydrogen-bond acceptors (Lipinski definition) is 8. The Balaban J connectivity index is 1.50. The van der Waals surface area contributed by atoms with Crippen molar-refractivity contribution in [3.63, 3.8) is 0 Å². The number of rotatable bonds is 14. The fraction of sp³-hybridized carbons (Fsp3) is 0.594. The zero-order valence-electron chi connectivity index (χ0n) is 24.5. The van der Waals surface area contributed by atoms with Gasteiger partial charge in [-0.15, -0.1) is 13.2 Å². The molecule has 2 bridgehead atoms. The van der Waals surface area contributed by atoms with Crippen LogP contribution >= 0.6 is 15.9 Å². The average molecular weight is 661 g/mol. The Labute approximate surface area is 261 Å². The number of halogens is 1. The second kappa shape index (κ2) is 14.0. The third-order valence-corrected chi connectivity index (χ3v) is 10.0. The Bertz CT molecular complexity index is 1180. The van der Waals surface area contributed by atoms with Crippen molar-refractivity contribution in [3.05, 3.63) is 61.2 Å². The number of nitrogens with zero attached hydrogens (tertiary/aromatic N) is 3. The van der Waals surface area contributed by atoms with E-state index in [1.54, 1.807) is 17.1 Å². The molecule has 0 saturated carbocycles. The number of alkyl halides is 1. The van der Waals surface area contributed by atoms with Crippen LogP contribution in [0.15, 0.2) is 55.6 Å². The van der Waals surface area contributed by atoms with Crippen molar-refractivity contribution in [1.82, 2.24) is 14.7 Å². The summed E-state index contributed by atoms with van der Waals surface area (Å²) >= 11 is 3.70. The monoisotopic (exact) mass is 659 g/mol. The Hall–Kier alpha value is -2.57. The van der Waals surface area contributed by atoms with Crippen LogP contribution in [-0.4, -0.2) is 125 Å². The van der Waals surface area contributed by atoms with E-state index < -0.39 is 41.6 Å².